The van der Waals surface area contributed by atoms with E-state index in [0.29, 0.717) is 13.2 Å². The maximum atomic E-state index is 9.55. The summed E-state index contributed by atoms with van der Waals surface area (Å²) in [5.41, 5.74) is 0.832. The second-order valence-corrected chi connectivity index (χ2v) is 3.37. The Hall–Kier alpha value is -1.22. The molecular formula is C11H14O3. The van der Waals surface area contributed by atoms with E-state index >= 15 is 0 Å². The van der Waals surface area contributed by atoms with E-state index in [1.54, 1.807) is 0 Å². The molecule has 2 rings (SSSR count). The Balaban J connectivity index is 2.17. The Labute approximate surface area is 83.3 Å². The van der Waals surface area contributed by atoms with Crippen LogP contribution in [-0.4, -0.2) is 18.3 Å². The molecule has 3 heteroatoms. The van der Waals surface area contributed by atoms with Crippen molar-refractivity contribution >= 4 is 0 Å². The van der Waals surface area contributed by atoms with E-state index in [4.69, 9.17) is 9.47 Å². The standard InChI is InChI=1S/C11H14O3/c1-2-5-13-8-3-4-11-9(6-8)10(12)7-14-11/h3-4,6,10,12H,2,5,7H2,1H3. The van der Waals surface area contributed by atoms with Crippen LogP contribution in [0.4, 0.5) is 0 Å². The minimum Gasteiger partial charge on any atom is -0.494 e. The van der Waals surface area contributed by atoms with Crippen LogP contribution >= 0.6 is 0 Å². The molecule has 0 aliphatic carbocycles. The quantitative estimate of drug-likeness (QED) is 0.798. The van der Waals surface area contributed by atoms with Gasteiger partial charge in [0.05, 0.1) is 6.61 Å². The predicted molar refractivity (Wildman–Crippen MR) is 52.7 cm³/mol. The van der Waals surface area contributed by atoms with Gasteiger partial charge in [-0.05, 0) is 24.6 Å². The van der Waals surface area contributed by atoms with Crippen LogP contribution in [0.15, 0.2) is 18.2 Å². The molecule has 1 atom stereocenters. The summed E-state index contributed by atoms with van der Waals surface area (Å²) in [6, 6.07) is 5.56. The first kappa shape index (κ1) is 9.34. The van der Waals surface area contributed by atoms with Crippen LogP contribution in [0.2, 0.25) is 0 Å². The predicted octanol–water partition coefficient (Wildman–Crippen LogP) is 1.90. The van der Waals surface area contributed by atoms with Crippen molar-refractivity contribution in [3.05, 3.63) is 23.8 Å². The molecule has 1 aliphatic heterocycles. The lowest BCUT2D eigenvalue weighted by Crippen LogP contribution is -1.98. The van der Waals surface area contributed by atoms with Crippen LogP contribution in [0.3, 0.4) is 0 Å². The van der Waals surface area contributed by atoms with Crippen molar-refractivity contribution in [2.75, 3.05) is 13.2 Å². The molecule has 0 saturated carbocycles. The van der Waals surface area contributed by atoms with Crippen molar-refractivity contribution in [1.82, 2.24) is 0 Å². The number of ether oxygens (including phenoxy) is 2. The lowest BCUT2D eigenvalue weighted by Gasteiger charge is -2.06. The molecule has 0 spiro atoms. The lowest BCUT2D eigenvalue weighted by atomic mass is 10.1. The molecule has 0 saturated heterocycles. The number of hydrogen-bond donors (Lipinski definition) is 1. The van der Waals surface area contributed by atoms with Gasteiger partial charge in [-0.3, -0.25) is 0 Å². The Morgan fingerprint density at radius 3 is 3.21 bits per heavy atom. The van der Waals surface area contributed by atoms with Crippen molar-refractivity contribution in [3.8, 4) is 11.5 Å². The smallest absolute Gasteiger partial charge is 0.125 e. The van der Waals surface area contributed by atoms with Crippen LogP contribution in [0, 0.1) is 0 Å². The van der Waals surface area contributed by atoms with E-state index in [-0.39, 0.29) is 0 Å². The zero-order valence-corrected chi connectivity index (χ0v) is 8.19. The fourth-order valence-electron chi connectivity index (χ4n) is 1.49. The first-order valence-corrected chi connectivity index (χ1v) is 4.89. The van der Waals surface area contributed by atoms with Gasteiger partial charge in [0.25, 0.3) is 0 Å². The molecule has 1 N–H and O–H groups in total. The highest BCUT2D eigenvalue weighted by Crippen LogP contribution is 2.34. The first-order chi connectivity index (χ1) is 6.81. The highest BCUT2D eigenvalue weighted by Gasteiger charge is 2.21. The molecule has 1 unspecified atom stereocenters. The summed E-state index contributed by atoms with van der Waals surface area (Å²) in [4.78, 5) is 0. The average Bonchev–Trinajstić information content (AvgIpc) is 2.57. The maximum Gasteiger partial charge on any atom is 0.125 e. The highest BCUT2D eigenvalue weighted by atomic mass is 16.5. The largest absolute Gasteiger partial charge is 0.494 e. The number of fused-ring (bicyclic) bond motifs is 1. The van der Waals surface area contributed by atoms with Gasteiger partial charge in [-0.25, -0.2) is 0 Å². The third-order valence-electron chi connectivity index (χ3n) is 2.21. The van der Waals surface area contributed by atoms with Crippen molar-refractivity contribution < 1.29 is 14.6 Å². The summed E-state index contributed by atoms with van der Waals surface area (Å²) in [5.74, 6) is 1.57. The zero-order valence-electron chi connectivity index (χ0n) is 8.19. The van der Waals surface area contributed by atoms with Crippen LogP contribution in [-0.2, 0) is 0 Å². The van der Waals surface area contributed by atoms with Crippen molar-refractivity contribution in [2.24, 2.45) is 0 Å². The van der Waals surface area contributed by atoms with Gasteiger partial charge < -0.3 is 14.6 Å². The topological polar surface area (TPSA) is 38.7 Å². The first-order valence-electron chi connectivity index (χ1n) is 4.89. The summed E-state index contributed by atoms with van der Waals surface area (Å²) in [5, 5.41) is 9.55. The fourth-order valence-corrected chi connectivity index (χ4v) is 1.49. The van der Waals surface area contributed by atoms with Crippen LogP contribution in [0.5, 0.6) is 11.5 Å². The summed E-state index contributed by atoms with van der Waals surface area (Å²) in [7, 11) is 0. The number of aliphatic hydroxyl groups is 1. The number of aliphatic hydroxyl groups excluding tert-OH is 1. The Bertz CT molecular complexity index is 322. The van der Waals surface area contributed by atoms with Gasteiger partial charge in [-0.1, -0.05) is 6.92 Å². The van der Waals surface area contributed by atoms with E-state index in [1.807, 2.05) is 18.2 Å². The number of benzene rings is 1. The van der Waals surface area contributed by atoms with Gasteiger partial charge in [-0.2, -0.15) is 0 Å². The van der Waals surface area contributed by atoms with E-state index in [2.05, 4.69) is 6.92 Å². The molecule has 0 aromatic heterocycles. The Kier molecular flexibility index (Phi) is 2.59. The third-order valence-corrected chi connectivity index (χ3v) is 2.21. The molecular weight excluding hydrogens is 180 g/mol. The van der Waals surface area contributed by atoms with E-state index in [1.165, 1.54) is 0 Å². The molecule has 76 valence electrons. The van der Waals surface area contributed by atoms with Gasteiger partial charge in [0.1, 0.15) is 24.2 Å². The molecule has 1 aromatic carbocycles. The number of rotatable bonds is 3. The molecule has 1 heterocycles. The van der Waals surface area contributed by atoms with Crippen LogP contribution in [0.1, 0.15) is 25.0 Å². The van der Waals surface area contributed by atoms with Gasteiger partial charge in [0.2, 0.25) is 0 Å². The minimum atomic E-state index is -0.504. The van der Waals surface area contributed by atoms with E-state index in [9.17, 15) is 5.11 Å². The van der Waals surface area contributed by atoms with Gasteiger partial charge in [-0.15, -0.1) is 0 Å². The molecule has 1 aromatic rings. The summed E-state index contributed by atoms with van der Waals surface area (Å²) < 4.78 is 10.7. The van der Waals surface area contributed by atoms with Crippen LogP contribution < -0.4 is 9.47 Å². The monoisotopic (exact) mass is 194 g/mol. The zero-order chi connectivity index (χ0) is 9.97. The molecule has 0 amide bonds. The Morgan fingerprint density at radius 1 is 1.57 bits per heavy atom. The molecule has 0 bridgehead atoms. The van der Waals surface area contributed by atoms with Gasteiger partial charge >= 0.3 is 0 Å². The summed E-state index contributed by atoms with van der Waals surface area (Å²) >= 11 is 0. The van der Waals surface area contributed by atoms with Crippen molar-refractivity contribution in [3.63, 3.8) is 0 Å². The fraction of sp³-hybridized carbons (Fsp3) is 0.455. The van der Waals surface area contributed by atoms with E-state index in [0.717, 1.165) is 23.5 Å². The molecule has 3 nitrogen and oxygen atoms in total. The molecule has 14 heavy (non-hydrogen) atoms. The Morgan fingerprint density at radius 2 is 2.43 bits per heavy atom. The maximum absolute atomic E-state index is 9.55. The third kappa shape index (κ3) is 1.68. The average molecular weight is 194 g/mol. The summed E-state index contributed by atoms with van der Waals surface area (Å²) in [6.45, 7) is 3.12. The van der Waals surface area contributed by atoms with Crippen molar-refractivity contribution in [1.29, 1.82) is 0 Å². The second kappa shape index (κ2) is 3.88. The van der Waals surface area contributed by atoms with Crippen LogP contribution in [0.25, 0.3) is 0 Å². The highest BCUT2D eigenvalue weighted by molar-refractivity contribution is 5.43. The summed E-state index contributed by atoms with van der Waals surface area (Å²) in [6.07, 6.45) is 0.478. The molecule has 1 aliphatic rings. The number of hydrogen-bond acceptors (Lipinski definition) is 3. The van der Waals surface area contributed by atoms with Gasteiger partial charge in [0.15, 0.2) is 0 Å². The van der Waals surface area contributed by atoms with Crippen molar-refractivity contribution in [2.45, 2.75) is 19.4 Å². The van der Waals surface area contributed by atoms with E-state index < -0.39 is 6.10 Å². The minimum absolute atomic E-state index is 0.354. The molecule has 0 radical (unpaired) electrons. The SMILES string of the molecule is CCCOc1ccc2c(c1)C(O)CO2. The lowest BCUT2D eigenvalue weighted by molar-refractivity contribution is 0.140. The second-order valence-electron chi connectivity index (χ2n) is 3.37. The molecule has 0 fully saturated rings. The normalized spacial score (nSPS) is 18.9. The van der Waals surface area contributed by atoms with Gasteiger partial charge in [0, 0.05) is 5.56 Å².